The Balaban J connectivity index is 1.47. The Hall–Kier alpha value is -2.67. The van der Waals surface area contributed by atoms with Gasteiger partial charge >= 0.3 is 5.97 Å². The number of ether oxygens (including phenoxy) is 1. The molecule has 28 heavy (non-hydrogen) atoms. The van der Waals surface area contributed by atoms with E-state index in [1.165, 1.54) is 13.3 Å². The fraction of sp³-hybridized carbons (Fsp3) is 0.476. The minimum Gasteiger partial charge on any atom is -0.427 e. The number of hydrogen-bond donors (Lipinski definition) is 1. The van der Waals surface area contributed by atoms with E-state index < -0.39 is 0 Å². The van der Waals surface area contributed by atoms with Crippen LogP contribution < -0.4 is 15.2 Å². The van der Waals surface area contributed by atoms with Crippen LogP contribution in [0.4, 0.5) is 5.95 Å². The van der Waals surface area contributed by atoms with Crippen molar-refractivity contribution in [1.29, 1.82) is 0 Å². The van der Waals surface area contributed by atoms with Crippen LogP contribution in [0.15, 0.2) is 29.1 Å². The third-order valence-corrected chi connectivity index (χ3v) is 5.39. The fourth-order valence-electron chi connectivity index (χ4n) is 3.96. The Morgan fingerprint density at radius 3 is 2.61 bits per heavy atom. The molecule has 0 spiro atoms. The van der Waals surface area contributed by atoms with Gasteiger partial charge in [-0.1, -0.05) is 12.1 Å². The van der Waals surface area contributed by atoms with E-state index in [0.717, 1.165) is 61.8 Å². The highest BCUT2D eigenvalue weighted by Crippen LogP contribution is 2.21. The number of piperidine rings is 1. The molecular formula is C21H26N4O3. The number of carbonyl (C=O) groups is 1. The molecule has 148 valence electrons. The van der Waals surface area contributed by atoms with Crippen LogP contribution in [0.3, 0.4) is 0 Å². The second-order valence-electron chi connectivity index (χ2n) is 7.56. The maximum atomic E-state index is 12.5. The van der Waals surface area contributed by atoms with Crippen molar-refractivity contribution in [2.45, 2.75) is 45.7 Å². The van der Waals surface area contributed by atoms with E-state index in [-0.39, 0.29) is 11.5 Å². The molecule has 2 aromatic rings. The number of benzene rings is 1. The lowest BCUT2D eigenvalue weighted by Crippen LogP contribution is -2.38. The Bertz CT molecular complexity index is 901. The normalized spacial score (nSPS) is 17.2. The van der Waals surface area contributed by atoms with Gasteiger partial charge in [0.2, 0.25) is 5.95 Å². The first-order valence-corrected chi connectivity index (χ1v) is 9.95. The monoisotopic (exact) mass is 382 g/mol. The molecule has 1 fully saturated rings. The third kappa shape index (κ3) is 4.25. The molecule has 0 aliphatic carbocycles. The topological polar surface area (TPSA) is 78.5 Å². The Labute approximate surface area is 164 Å². The highest BCUT2D eigenvalue weighted by Gasteiger charge is 2.23. The molecule has 0 unspecified atom stereocenters. The van der Waals surface area contributed by atoms with Crippen molar-refractivity contribution in [1.82, 2.24) is 14.9 Å². The lowest BCUT2D eigenvalue weighted by atomic mass is 10.1. The van der Waals surface area contributed by atoms with Gasteiger partial charge in [-0.05, 0) is 43.4 Å². The molecule has 7 nitrogen and oxygen atoms in total. The zero-order valence-electron chi connectivity index (χ0n) is 16.2. The van der Waals surface area contributed by atoms with Crippen molar-refractivity contribution >= 4 is 11.9 Å². The number of hydrogen-bond acceptors (Lipinski definition) is 6. The zero-order valence-corrected chi connectivity index (χ0v) is 16.2. The number of nitrogens with one attached hydrogen (secondary N) is 1. The summed E-state index contributed by atoms with van der Waals surface area (Å²) in [6, 6.07) is 7.56. The average molecular weight is 382 g/mol. The molecule has 1 saturated heterocycles. The van der Waals surface area contributed by atoms with E-state index in [1.54, 1.807) is 0 Å². The van der Waals surface area contributed by atoms with E-state index in [1.807, 2.05) is 24.3 Å². The van der Waals surface area contributed by atoms with Gasteiger partial charge < -0.3 is 9.64 Å². The van der Waals surface area contributed by atoms with Crippen LogP contribution in [0.2, 0.25) is 0 Å². The van der Waals surface area contributed by atoms with Crippen LogP contribution in [-0.2, 0) is 24.3 Å². The van der Waals surface area contributed by atoms with Gasteiger partial charge in [-0.15, -0.1) is 0 Å². The number of fused-ring (bicyclic) bond motifs is 1. The van der Waals surface area contributed by atoms with Gasteiger partial charge in [-0.2, -0.15) is 0 Å². The van der Waals surface area contributed by atoms with E-state index in [9.17, 15) is 9.59 Å². The van der Waals surface area contributed by atoms with Gasteiger partial charge in [0.05, 0.1) is 5.69 Å². The van der Waals surface area contributed by atoms with Gasteiger partial charge in [0.25, 0.3) is 5.56 Å². The second kappa shape index (κ2) is 8.14. The van der Waals surface area contributed by atoms with E-state index in [4.69, 9.17) is 9.72 Å². The van der Waals surface area contributed by atoms with Crippen molar-refractivity contribution in [2.24, 2.45) is 0 Å². The summed E-state index contributed by atoms with van der Waals surface area (Å²) in [5.74, 6) is 0.955. The van der Waals surface area contributed by atoms with Crippen LogP contribution in [0.5, 0.6) is 5.75 Å². The number of esters is 1. The standard InChI is InChI=1S/C21H26N4O3/c1-15(26)28-17-7-5-16(6-8-17)13-24-12-9-18-19(14-24)22-21(23-20(18)27)25-10-3-2-4-11-25/h5-8H,2-4,9-14H2,1H3,(H,22,23,27). The summed E-state index contributed by atoms with van der Waals surface area (Å²) in [6.07, 6.45) is 4.26. The van der Waals surface area contributed by atoms with Gasteiger partial charge in [0, 0.05) is 45.2 Å². The fourth-order valence-corrected chi connectivity index (χ4v) is 3.96. The number of anilines is 1. The van der Waals surface area contributed by atoms with Crippen LogP contribution >= 0.6 is 0 Å². The third-order valence-electron chi connectivity index (χ3n) is 5.39. The maximum absolute atomic E-state index is 12.5. The number of rotatable bonds is 4. The molecule has 0 bridgehead atoms. The largest absolute Gasteiger partial charge is 0.427 e. The van der Waals surface area contributed by atoms with Gasteiger partial charge in [-0.25, -0.2) is 4.98 Å². The molecule has 0 saturated carbocycles. The van der Waals surface area contributed by atoms with Crippen molar-refractivity contribution in [2.75, 3.05) is 24.5 Å². The smallest absolute Gasteiger partial charge is 0.308 e. The molecule has 1 aromatic heterocycles. The van der Waals surface area contributed by atoms with Crippen LogP contribution in [0.25, 0.3) is 0 Å². The van der Waals surface area contributed by atoms with Gasteiger partial charge in [0.1, 0.15) is 5.75 Å². The molecule has 4 rings (SSSR count). The molecule has 2 aliphatic rings. The first kappa shape index (κ1) is 18.7. The number of aromatic nitrogens is 2. The summed E-state index contributed by atoms with van der Waals surface area (Å²) < 4.78 is 5.08. The SMILES string of the molecule is CC(=O)Oc1ccc(CN2CCc3c(nc(N4CCCCC4)[nH]c3=O)C2)cc1. The van der Waals surface area contributed by atoms with Crippen molar-refractivity contribution in [3.63, 3.8) is 0 Å². The molecular weight excluding hydrogens is 356 g/mol. The van der Waals surface area contributed by atoms with Gasteiger partial charge in [-0.3, -0.25) is 19.5 Å². The second-order valence-corrected chi connectivity index (χ2v) is 7.56. The van der Waals surface area contributed by atoms with E-state index in [0.29, 0.717) is 18.7 Å². The molecule has 0 radical (unpaired) electrons. The van der Waals surface area contributed by atoms with Crippen LogP contribution in [-0.4, -0.2) is 40.5 Å². The highest BCUT2D eigenvalue weighted by molar-refractivity contribution is 5.69. The quantitative estimate of drug-likeness (QED) is 0.645. The predicted molar refractivity (Wildman–Crippen MR) is 106 cm³/mol. The zero-order chi connectivity index (χ0) is 19.5. The Morgan fingerprint density at radius 2 is 1.89 bits per heavy atom. The Kier molecular flexibility index (Phi) is 5.43. The first-order valence-electron chi connectivity index (χ1n) is 9.95. The number of H-pyrrole nitrogens is 1. The summed E-state index contributed by atoms with van der Waals surface area (Å²) in [5.41, 5.74) is 2.87. The number of aromatic amines is 1. The molecule has 7 heteroatoms. The molecule has 3 heterocycles. The van der Waals surface area contributed by atoms with Gasteiger partial charge in [0.15, 0.2) is 0 Å². The summed E-state index contributed by atoms with van der Waals surface area (Å²) in [6.45, 7) is 5.58. The van der Waals surface area contributed by atoms with Crippen molar-refractivity contribution in [3.05, 3.63) is 51.4 Å². The van der Waals surface area contributed by atoms with Crippen molar-refractivity contribution < 1.29 is 9.53 Å². The molecule has 1 N–H and O–H groups in total. The van der Waals surface area contributed by atoms with Crippen LogP contribution in [0, 0.1) is 0 Å². The molecule has 2 aliphatic heterocycles. The first-order chi connectivity index (χ1) is 13.6. The molecule has 0 amide bonds. The summed E-state index contributed by atoms with van der Waals surface area (Å²) in [4.78, 5) is 35.9. The average Bonchev–Trinajstić information content (AvgIpc) is 2.69. The number of nitrogens with zero attached hydrogens (tertiary/aromatic N) is 3. The lowest BCUT2D eigenvalue weighted by Gasteiger charge is -2.30. The summed E-state index contributed by atoms with van der Waals surface area (Å²) in [5, 5.41) is 0. The summed E-state index contributed by atoms with van der Waals surface area (Å²) >= 11 is 0. The number of carbonyl (C=O) groups excluding carboxylic acids is 1. The summed E-state index contributed by atoms with van der Waals surface area (Å²) in [7, 11) is 0. The van der Waals surface area contributed by atoms with Crippen LogP contribution in [0.1, 0.15) is 43.0 Å². The highest BCUT2D eigenvalue weighted by atomic mass is 16.5. The van der Waals surface area contributed by atoms with E-state index >= 15 is 0 Å². The lowest BCUT2D eigenvalue weighted by molar-refractivity contribution is -0.131. The minimum absolute atomic E-state index is 0.0101. The van der Waals surface area contributed by atoms with Crippen molar-refractivity contribution in [3.8, 4) is 5.75 Å². The molecule has 0 atom stereocenters. The minimum atomic E-state index is -0.318. The Morgan fingerprint density at radius 1 is 1.14 bits per heavy atom. The predicted octanol–water partition coefficient (Wildman–Crippen LogP) is 2.24. The van der Waals surface area contributed by atoms with E-state index in [2.05, 4.69) is 14.8 Å². The maximum Gasteiger partial charge on any atom is 0.308 e. The molecule has 1 aromatic carbocycles.